The van der Waals surface area contributed by atoms with Crippen LogP contribution in [0.1, 0.15) is 37.0 Å². The number of hydrogen-bond acceptors (Lipinski definition) is 5. The Morgan fingerprint density at radius 1 is 1.61 bits per heavy atom. The van der Waals surface area contributed by atoms with Gasteiger partial charge in [-0.05, 0) is 25.0 Å². The number of aliphatic hydroxyl groups excluding tert-OH is 1. The fourth-order valence-corrected chi connectivity index (χ4v) is 2.92. The number of nitrogens with zero attached hydrogens (tertiary/aromatic N) is 4. The van der Waals surface area contributed by atoms with Crippen LogP contribution < -0.4 is 5.32 Å². The minimum absolute atomic E-state index is 0.00629. The van der Waals surface area contributed by atoms with Gasteiger partial charge in [0, 0.05) is 26.1 Å². The van der Waals surface area contributed by atoms with Crippen LogP contribution in [-0.4, -0.2) is 43.4 Å². The van der Waals surface area contributed by atoms with Gasteiger partial charge in [-0.15, -0.1) is 0 Å². The van der Waals surface area contributed by atoms with Crippen molar-refractivity contribution in [1.82, 2.24) is 25.0 Å². The molecule has 124 valence electrons. The molecule has 2 amide bonds. The second-order valence-electron chi connectivity index (χ2n) is 5.75. The number of likely N-dealkylation sites (tertiary alicyclic amines) is 1. The van der Waals surface area contributed by atoms with E-state index in [1.807, 2.05) is 0 Å². The Bertz CT molecular complexity index is 639. The lowest BCUT2D eigenvalue weighted by Crippen LogP contribution is -2.43. The summed E-state index contributed by atoms with van der Waals surface area (Å²) in [6.07, 6.45) is 4.73. The molecule has 2 aromatic heterocycles. The van der Waals surface area contributed by atoms with Crippen LogP contribution in [0.2, 0.25) is 0 Å². The highest BCUT2D eigenvalue weighted by Gasteiger charge is 2.31. The van der Waals surface area contributed by atoms with Gasteiger partial charge in [0.05, 0.1) is 12.8 Å². The van der Waals surface area contributed by atoms with E-state index in [0.717, 1.165) is 12.8 Å². The summed E-state index contributed by atoms with van der Waals surface area (Å²) in [6, 6.07) is 3.35. The fourth-order valence-electron chi connectivity index (χ4n) is 2.92. The Morgan fingerprint density at radius 3 is 3.17 bits per heavy atom. The van der Waals surface area contributed by atoms with Crippen LogP contribution >= 0.6 is 0 Å². The van der Waals surface area contributed by atoms with E-state index in [2.05, 4.69) is 15.4 Å². The Morgan fingerprint density at radius 2 is 2.48 bits per heavy atom. The molecule has 2 aromatic rings. The van der Waals surface area contributed by atoms with Crippen LogP contribution in [0.5, 0.6) is 0 Å². The van der Waals surface area contributed by atoms with E-state index in [1.165, 1.54) is 6.26 Å². The summed E-state index contributed by atoms with van der Waals surface area (Å²) in [7, 11) is 1.78. The molecule has 1 aliphatic heterocycles. The van der Waals surface area contributed by atoms with Crippen molar-refractivity contribution in [2.24, 2.45) is 7.05 Å². The molecule has 0 bridgehead atoms. The number of carbonyl (C=O) groups is 1. The monoisotopic (exact) mass is 319 g/mol. The first-order chi connectivity index (χ1) is 11.1. The Labute approximate surface area is 134 Å². The lowest BCUT2D eigenvalue weighted by molar-refractivity contribution is 0.108. The van der Waals surface area contributed by atoms with Crippen molar-refractivity contribution in [3.8, 4) is 0 Å². The Kier molecular flexibility index (Phi) is 4.61. The number of furan rings is 1. The standard InChI is InChI=1S/C15H21N5O3/c1-19-10-17-14(18-19)9-16-15(22)20-6-2-4-11(20)8-12(21)13-5-3-7-23-13/h3,5,7,10-12,21H,2,4,6,8-9H2,1H3,(H,16,22). The number of hydrogen-bond donors (Lipinski definition) is 2. The molecule has 0 saturated carbocycles. The number of carbonyl (C=O) groups excluding carboxylic acids is 1. The lowest BCUT2D eigenvalue weighted by Gasteiger charge is -2.26. The van der Waals surface area contributed by atoms with Crippen LogP contribution in [0.4, 0.5) is 4.79 Å². The van der Waals surface area contributed by atoms with Crippen molar-refractivity contribution in [2.45, 2.75) is 38.0 Å². The number of aromatic nitrogens is 3. The highest BCUT2D eigenvalue weighted by Crippen LogP contribution is 2.27. The Balaban J connectivity index is 1.54. The minimum atomic E-state index is -0.694. The summed E-state index contributed by atoms with van der Waals surface area (Å²) < 4.78 is 6.82. The molecule has 1 saturated heterocycles. The normalized spacial score (nSPS) is 19.0. The number of nitrogens with one attached hydrogen (secondary N) is 1. The SMILES string of the molecule is Cn1cnc(CNC(=O)N2CCCC2CC(O)c2ccco2)n1. The Hall–Kier alpha value is -2.35. The molecule has 0 aromatic carbocycles. The smallest absolute Gasteiger partial charge is 0.318 e. The summed E-state index contributed by atoms with van der Waals surface area (Å²) in [5.74, 6) is 1.11. The van der Waals surface area contributed by atoms with Gasteiger partial charge in [0.15, 0.2) is 5.82 Å². The summed E-state index contributed by atoms with van der Waals surface area (Å²) in [4.78, 5) is 18.2. The molecule has 1 fully saturated rings. The molecular weight excluding hydrogens is 298 g/mol. The second-order valence-corrected chi connectivity index (χ2v) is 5.75. The van der Waals surface area contributed by atoms with E-state index in [9.17, 15) is 9.90 Å². The molecule has 3 heterocycles. The molecule has 2 atom stereocenters. The quantitative estimate of drug-likeness (QED) is 0.863. The first kappa shape index (κ1) is 15.5. The van der Waals surface area contributed by atoms with Crippen molar-refractivity contribution >= 4 is 6.03 Å². The van der Waals surface area contributed by atoms with Crippen LogP contribution in [0, 0.1) is 0 Å². The van der Waals surface area contributed by atoms with Gasteiger partial charge in [0.1, 0.15) is 18.2 Å². The highest BCUT2D eigenvalue weighted by molar-refractivity contribution is 5.74. The van der Waals surface area contributed by atoms with Gasteiger partial charge in [-0.2, -0.15) is 5.10 Å². The van der Waals surface area contributed by atoms with Crippen LogP contribution in [0.15, 0.2) is 29.1 Å². The minimum Gasteiger partial charge on any atom is -0.467 e. The van der Waals surface area contributed by atoms with Gasteiger partial charge in [-0.1, -0.05) is 0 Å². The molecule has 2 unspecified atom stereocenters. The molecule has 0 radical (unpaired) electrons. The topological polar surface area (TPSA) is 96.4 Å². The van der Waals surface area contributed by atoms with Gasteiger partial charge in [0.2, 0.25) is 0 Å². The van der Waals surface area contributed by atoms with E-state index in [0.29, 0.717) is 31.1 Å². The van der Waals surface area contributed by atoms with Gasteiger partial charge in [0.25, 0.3) is 0 Å². The first-order valence-corrected chi connectivity index (χ1v) is 7.74. The van der Waals surface area contributed by atoms with Crippen LogP contribution in [-0.2, 0) is 13.6 Å². The number of amides is 2. The molecule has 23 heavy (non-hydrogen) atoms. The first-order valence-electron chi connectivity index (χ1n) is 7.74. The van der Waals surface area contributed by atoms with E-state index >= 15 is 0 Å². The third-order valence-electron chi connectivity index (χ3n) is 4.05. The average Bonchev–Trinajstić information content (AvgIpc) is 3.26. The molecule has 8 heteroatoms. The van der Waals surface area contributed by atoms with Crippen molar-refractivity contribution < 1.29 is 14.3 Å². The summed E-state index contributed by atoms with van der Waals surface area (Å²) in [5, 5.41) is 17.2. The van der Waals surface area contributed by atoms with E-state index in [-0.39, 0.29) is 12.1 Å². The highest BCUT2D eigenvalue weighted by atomic mass is 16.4. The van der Waals surface area contributed by atoms with Crippen LogP contribution in [0.3, 0.4) is 0 Å². The molecule has 0 aliphatic carbocycles. The van der Waals surface area contributed by atoms with E-state index in [4.69, 9.17) is 4.42 Å². The van der Waals surface area contributed by atoms with E-state index in [1.54, 1.807) is 35.1 Å². The third kappa shape index (κ3) is 3.70. The van der Waals surface area contributed by atoms with Crippen LogP contribution in [0.25, 0.3) is 0 Å². The maximum atomic E-state index is 12.4. The number of urea groups is 1. The predicted molar refractivity (Wildman–Crippen MR) is 81.3 cm³/mol. The second kappa shape index (κ2) is 6.82. The van der Waals surface area contributed by atoms with Crippen molar-refractivity contribution in [2.75, 3.05) is 6.54 Å². The number of aryl methyl sites for hydroxylation is 1. The summed E-state index contributed by atoms with van der Waals surface area (Å²) in [5.41, 5.74) is 0. The fraction of sp³-hybridized carbons (Fsp3) is 0.533. The predicted octanol–water partition coefficient (Wildman–Crippen LogP) is 1.21. The summed E-state index contributed by atoms with van der Waals surface area (Å²) in [6.45, 7) is 0.987. The largest absolute Gasteiger partial charge is 0.467 e. The number of aliphatic hydroxyl groups is 1. The van der Waals surface area contributed by atoms with Gasteiger partial charge in [-0.25, -0.2) is 9.78 Å². The lowest BCUT2D eigenvalue weighted by atomic mass is 10.1. The zero-order valence-electron chi connectivity index (χ0n) is 13.1. The van der Waals surface area contributed by atoms with Gasteiger partial charge < -0.3 is 19.7 Å². The molecule has 1 aliphatic rings. The van der Waals surface area contributed by atoms with Crippen molar-refractivity contribution in [1.29, 1.82) is 0 Å². The molecule has 2 N–H and O–H groups in total. The average molecular weight is 319 g/mol. The maximum Gasteiger partial charge on any atom is 0.318 e. The molecule has 3 rings (SSSR count). The number of rotatable bonds is 5. The van der Waals surface area contributed by atoms with Crippen molar-refractivity contribution in [3.05, 3.63) is 36.3 Å². The molecule has 8 nitrogen and oxygen atoms in total. The van der Waals surface area contributed by atoms with Gasteiger partial charge in [-0.3, -0.25) is 4.68 Å². The zero-order valence-corrected chi connectivity index (χ0v) is 13.1. The molecule has 0 spiro atoms. The maximum absolute atomic E-state index is 12.4. The third-order valence-corrected chi connectivity index (χ3v) is 4.05. The molecular formula is C15H21N5O3. The van der Waals surface area contributed by atoms with Crippen molar-refractivity contribution in [3.63, 3.8) is 0 Å². The van der Waals surface area contributed by atoms with Gasteiger partial charge >= 0.3 is 6.03 Å². The summed E-state index contributed by atoms with van der Waals surface area (Å²) >= 11 is 0. The zero-order chi connectivity index (χ0) is 16.2. The van der Waals surface area contributed by atoms with E-state index < -0.39 is 6.10 Å².